The summed E-state index contributed by atoms with van der Waals surface area (Å²) in [4.78, 5) is 4.66. The maximum Gasteiger partial charge on any atom is 0.183 e. The number of rotatable bonds is 7. The Bertz CT molecular complexity index is 569. The summed E-state index contributed by atoms with van der Waals surface area (Å²) in [5.41, 5.74) is 1.04. The van der Waals surface area contributed by atoms with Gasteiger partial charge in [0.2, 0.25) is 0 Å². The normalized spacial score (nSPS) is 11.8. The Labute approximate surface area is 131 Å². The maximum absolute atomic E-state index is 5.54. The average Bonchev–Trinajstić information content (AvgIpc) is 2.80. The lowest BCUT2D eigenvalue weighted by molar-refractivity contribution is 0.304. The summed E-state index contributed by atoms with van der Waals surface area (Å²) in [6.07, 6.45) is 0. The van der Waals surface area contributed by atoms with Crippen molar-refractivity contribution >= 4 is 26.7 Å². The molecule has 0 atom stereocenters. The van der Waals surface area contributed by atoms with Crippen molar-refractivity contribution in [2.24, 2.45) is 17.8 Å². The minimum absolute atomic E-state index is 0.663. The molecule has 3 nitrogen and oxygen atoms in total. The van der Waals surface area contributed by atoms with E-state index in [2.05, 4.69) is 44.1 Å². The number of nitrogens with zero attached hydrogens (tertiary/aromatic N) is 1. The lowest BCUT2D eigenvalue weighted by Gasteiger charge is -2.24. The Kier molecular flexibility index (Phi) is 5.45. The third-order valence-corrected chi connectivity index (χ3v) is 4.85. The largest absolute Gasteiger partial charge is 0.494 e. The van der Waals surface area contributed by atoms with Crippen LogP contribution in [0.25, 0.3) is 10.2 Å². The van der Waals surface area contributed by atoms with Crippen LogP contribution in [0.5, 0.6) is 5.75 Å². The van der Waals surface area contributed by atoms with Gasteiger partial charge in [0, 0.05) is 6.54 Å². The van der Waals surface area contributed by atoms with E-state index in [0.29, 0.717) is 24.4 Å². The standard InChI is InChI=1S/C17H26N2OS/c1-6-20-13-7-8-15-16(9-13)21-17(19-15)18-10-14(11(2)3)12(4)5/h7-9,11-12,14H,6,10H2,1-5H3,(H,18,19). The van der Waals surface area contributed by atoms with E-state index in [0.717, 1.165) is 22.9 Å². The Hall–Kier alpha value is -1.29. The molecule has 0 spiro atoms. The van der Waals surface area contributed by atoms with Crippen molar-refractivity contribution in [1.82, 2.24) is 4.98 Å². The molecule has 0 saturated carbocycles. The molecule has 1 heterocycles. The molecule has 0 saturated heterocycles. The fraction of sp³-hybridized carbons (Fsp3) is 0.588. The van der Waals surface area contributed by atoms with Crippen molar-refractivity contribution in [3.63, 3.8) is 0 Å². The lowest BCUT2D eigenvalue weighted by atomic mass is 9.86. The molecule has 4 heteroatoms. The fourth-order valence-corrected chi connectivity index (χ4v) is 3.58. The van der Waals surface area contributed by atoms with Crippen molar-refractivity contribution in [1.29, 1.82) is 0 Å². The van der Waals surface area contributed by atoms with Crippen molar-refractivity contribution < 1.29 is 4.74 Å². The topological polar surface area (TPSA) is 34.1 Å². The van der Waals surface area contributed by atoms with Gasteiger partial charge in [0.25, 0.3) is 0 Å². The van der Waals surface area contributed by atoms with Crippen LogP contribution in [0, 0.1) is 17.8 Å². The second-order valence-electron chi connectivity index (χ2n) is 6.11. The zero-order valence-electron chi connectivity index (χ0n) is 13.6. The third kappa shape index (κ3) is 4.10. The highest BCUT2D eigenvalue weighted by atomic mass is 32.1. The van der Waals surface area contributed by atoms with E-state index in [1.807, 2.05) is 19.1 Å². The van der Waals surface area contributed by atoms with Gasteiger partial charge in [0.1, 0.15) is 5.75 Å². The molecule has 2 rings (SSSR count). The molecular weight excluding hydrogens is 280 g/mol. The summed E-state index contributed by atoms with van der Waals surface area (Å²) in [5, 5.41) is 4.52. The molecule has 0 bridgehead atoms. The number of ether oxygens (including phenoxy) is 1. The van der Waals surface area contributed by atoms with E-state index in [4.69, 9.17) is 4.74 Å². The van der Waals surface area contributed by atoms with E-state index in [1.54, 1.807) is 11.3 Å². The van der Waals surface area contributed by atoms with E-state index in [9.17, 15) is 0 Å². The number of thiazole rings is 1. The molecule has 0 fully saturated rings. The van der Waals surface area contributed by atoms with Gasteiger partial charge in [-0.15, -0.1) is 0 Å². The molecular formula is C17H26N2OS. The van der Waals surface area contributed by atoms with Crippen LogP contribution in [0.3, 0.4) is 0 Å². The summed E-state index contributed by atoms with van der Waals surface area (Å²) >= 11 is 1.70. The van der Waals surface area contributed by atoms with Crippen LogP contribution in [0.4, 0.5) is 5.13 Å². The van der Waals surface area contributed by atoms with Gasteiger partial charge >= 0.3 is 0 Å². The summed E-state index contributed by atoms with van der Waals surface area (Å²) < 4.78 is 6.72. The molecule has 116 valence electrons. The van der Waals surface area contributed by atoms with Crippen molar-refractivity contribution in [2.45, 2.75) is 34.6 Å². The zero-order chi connectivity index (χ0) is 15.4. The second-order valence-corrected chi connectivity index (χ2v) is 7.14. The van der Waals surface area contributed by atoms with Crippen LogP contribution in [0.15, 0.2) is 18.2 Å². The molecule has 0 aliphatic carbocycles. The Morgan fingerprint density at radius 2 is 1.90 bits per heavy atom. The van der Waals surface area contributed by atoms with Crippen LogP contribution in [0.1, 0.15) is 34.6 Å². The molecule has 1 N–H and O–H groups in total. The number of anilines is 1. The summed E-state index contributed by atoms with van der Waals surface area (Å²) in [7, 11) is 0. The molecule has 2 aromatic rings. The van der Waals surface area contributed by atoms with E-state index in [1.165, 1.54) is 4.70 Å². The predicted octanol–water partition coefficient (Wildman–Crippen LogP) is 5.04. The van der Waals surface area contributed by atoms with Crippen molar-refractivity contribution in [3.05, 3.63) is 18.2 Å². The van der Waals surface area contributed by atoms with Gasteiger partial charge in [0.05, 0.1) is 16.8 Å². The minimum Gasteiger partial charge on any atom is -0.494 e. The predicted molar refractivity (Wildman–Crippen MR) is 92.4 cm³/mol. The van der Waals surface area contributed by atoms with Crippen LogP contribution >= 0.6 is 11.3 Å². The van der Waals surface area contributed by atoms with Gasteiger partial charge in [-0.2, -0.15) is 0 Å². The smallest absolute Gasteiger partial charge is 0.183 e. The van der Waals surface area contributed by atoms with Crippen LogP contribution < -0.4 is 10.1 Å². The minimum atomic E-state index is 0.663. The van der Waals surface area contributed by atoms with Gasteiger partial charge in [-0.3, -0.25) is 0 Å². The number of benzene rings is 1. The van der Waals surface area contributed by atoms with E-state index >= 15 is 0 Å². The van der Waals surface area contributed by atoms with Gasteiger partial charge in [-0.25, -0.2) is 4.98 Å². The summed E-state index contributed by atoms with van der Waals surface area (Å²) in [6, 6.07) is 6.09. The number of hydrogen-bond acceptors (Lipinski definition) is 4. The maximum atomic E-state index is 5.54. The third-order valence-electron chi connectivity index (χ3n) is 3.87. The molecule has 0 amide bonds. The molecule has 0 unspecified atom stereocenters. The van der Waals surface area contributed by atoms with Crippen molar-refractivity contribution in [3.8, 4) is 5.75 Å². The Morgan fingerprint density at radius 1 is 1.19 bits per heavy atom. The summed E-state index contributed by atoms with van der Waals surface area (Å²) in [6.45, 7) is 12.8. The first-order valence-corrected chi connectivity index (χ1v) is 8.60. The molecule has 1 aromatic heterocycles. The first-order chi connectivity index (χ1) is 10.0. The first-order valence-electron chi connectivity index (χ1n) is 7.78. The van der Waals surface area contributed by atoms with Gasteiger partial charge in [0.15, 0.2) is 5.13 Å². The first kappa shape index (κ1) is 16.1. The quantitative estimate of drug-likeness (QED) is 0.778. The Balaban J connectivity index is 2.08. The average molecular weight is 306 g/mol. The second kappa shape index (κ2) is 7.12. The molecule has 0 aliphatic heterocycles. The van der Waals surface area contributed by atoms with Gasteiger partial charge < -0.3 is 10.1 Å². The van der Waals surface area contributed by atoms with E-state index in [-0.39, 0.29) is 0 Å². The Morgan fingerprint density at radius 3 is 2.52 bits per heavy atom. The molecule has 0 aliphatic rings. The number of fused-ring (bicyclic) bond motifs is 1. The van der Waals surface area contributed by atoms with Gasteiger partial charge in [-0.05, 0) is 42.9 Å². The van der Waals surface area contributed by atoms with Crippen LogP contribution in [0.2, 0.25) is 0 Å². The van der Waals surface area contributed by atoms with Gasteiger partial charge in [-0.1, -0.05) is 39.0 Å². The number of aromatic nitrogens is 1. The van der Waals surface area contributed by atoms with Crippen LogP contribution in [-0.4, -0.2) is 18.1 Å². The zero-order valence-corrected chi connectivity index (χ0v) is 14.5. The molecule has 1 aromatic carbocycles. The monoisotopic (exact) mass is 306 g/mol. The highest BCUT2D eigenvalue weighted by Gasteiger charge is 2.17. The lowest BCUT2D eigenvalue weighted by Crippen LogP contribution is -2.24. The highest BCUT2D eigenvalue weighted by molar-refractivity contribution is 7.22. The molecule has 0 radical (unpaired) electrons. The van der Waals surface area contributed by atoms with Crippen molar-refractivity contribution in [2.75, 3.05) is 18.5 Å². The highest BCUT2D eigenvalue weighted by Crippen LogP contribution is 2.30. The summed E-state index contributed by atoms with van der Waals surface area (Å²) in [5.74, 6) is 2.94. The molecule has 21 heavy (non-hydrogen) atoms. The SMILES string of the molecule is CCOc1ccc2nc(NCC(C(C)C)C(C)C)sc2c1. The van der Waals surface area contributed by atoms with Crippen LogP contribution in [-0.2, 0) is 0 Å². The fourth-order valence-electron chi connectivity index (χ4n) is 2.68. The van der Waals surface area contributed by atoms with E-state index < -0.39 is 0 Å². The number of nitrogens with one attached hydrogen (secondary N) is 1. The number of hydrogen-bond donors (Lipinski definition) is 1.